The fourth-order valence-electron chi connectivity index (χ4n) is 4.30. The summed E-state index contributed by atoms with van der Waals surface area (Å²) < 4.78 is 0. The van der Waals surface area contributed by atoms with Crippen LogP contribution in [-0.2, 0) is 17.6 Å². The Morgan fingerprint density at radius 3 is 2.10 bits per heavy atom. The second-order valence-corrected chi connectivity index (χ2v) is 8.21. The van der Waals surface area contributed by atoms with Gasteiger partial charge in [0.1, 0.15) is 0 Å². The molecule has 0 bridgehead atoms. The maximum atomic E-state index is 13.2. The van der Waals surface area contributed by atoms with Crippen LogP contribution in [0.2, 0.25) is 0 Å². The molecule has 0 N–H and O–H groups in total. The molecule has 1 fully saturated rings. The van der Waals surface area contributed by atoms with Crippen molar-refractivity contribution in [1.82, 2.24) is 4.90 Å². The van der Waals surface area contributed by atoms with E-state index in [4.69, 9.17) is 0 Å². The highest BCUT2D eigenvalue weighted by molar-refractivity contribution is 5.93. The van der Waals surface area contributed by atoms with Gasteiger partial charge < -0.3 is 0 Å². The van der Waals surface area contributed by atoms with Gasteiger partial charge >= 0.3 is 0 Å². The number of hydrogen-bond acceptors (Lipinski definition) is 2. The van der Waals surface area contributed by atoms with E-state index in [1.807, 2.05) is 53.4 Å². The summed E-state index contributed by atoms with van der Waals surface area (Å²) in [5, 5.41) is 0. The third-order valence-electron chi connectivity index (χ3n) is 5.92. The lowest BCUT2D eigenvalue weighted by Gasteiger charge is -2.28. The van der Waals surface area contributed by atoms with E-state index in [9.17, 15) is 4.79 Å². The zero-order valence-electron chi connectivity index (χ0n) is 17.5. The van der Waals surface area contributed by atoms with Crippen molar-refractivity contribution in [2.45, 2.75) is 25.7 Å². The highest BCUT2D eigenvalue weighted by Gasteiger charge is 2.26. The number of anilines is 1. The highest BCUT2D eigenvalue weighted by Crippen LogP contribution is 2.23. The van der Waals surface area contributed by atoms with Gasteiger partial charge in [-0.15, -0.1) is 0 Å². The molecule has 1 saturated heterocycles. The Balaban J connectivity index is 1.38. The minimum Gasteiger partial charge on any atom is -0.299 e. The van der Waals surface area contributed by atoms with E-state index < -0.39 is 0 Å². The molecular weight excluding hydrogens is 368 g/mol. The molecule has 3 heteroatoms. The van der Waals surface area contributed by atoms with Gasteiger partial charge in [0.15, 0.2) is 0 Å². The molecule has 3 aromatic carbocycles. The summed E-state index contributed by atoms with van der Waals surface area (Å²) in [5.74, 6) is 0.848. The van der Waals surface area contributed by atoms with E-state index in [0.29, 0.717) is 19.0 Å². The van der Waals surface area contributed by atoms with Gasteiger partial charge in [0.05, 0.1) is 6.67 Å². The Kier molecular flexibility index (Phi) is 6.94. The number of carbonyl (C=O) groups is 1. The molecule has 1 aliphatic heterocycles. The third-order valence-corrected chi connectivity index (χ3v) is 5.92. The monoisotopic (exact) mass is 398 g/mol. The van der Waals surface area contributed by atoms with E-state index in [1.165, 1.54) is 17.5 Å². The lowest BCUT2D eigenvalue weighted by molar-refractivity contribution is -0.119. The van der Waals surface area contributed by atoms with Crippen LogP contribution in [0.25, 0.3) is 0 Å². The van der Waals surface area contributed by atoms with E-state index >= 15 is 0 Å². The van der Waals surface area contributed by atoms with Gasteiger partial charge in [-0.1, -0.05) is 78.9 Å². The van der Waals surface area contributed by atoms with Crippen LogP contribution in [0.1, 0.15) is 24.0 Å². The van der Waals surface area contributed by atoms with Gasteiger partial charge in [0.25, 0.3) is 0 Å². The normalized spacial score (nSPS) is 16.5. The summed E-state index contributed by atoms with van der Waals surface area (Å²) >= 11 is 0. The van der Waals surface area contributed by atoms with Crippen molar-refractivity contribution < 1.29 is 4.79 Å². The van der Waals surface area contributed by atoms with Crippen molar-refractivity contribution in [2.75, 3.05) is 24.7 Å². The second kappa shape index (κ2) is 10.2. The average molecular weight is 399 g/mol. The number of para-hydroxylation sites is 1. The highest BCUT2D eigenvalue weighted by atomic mass is 16.2. The Bertz CT molecular complexity index is 911. The first kappa shape index (κ1) is 20.4. The standard InChI is InChI=1S/C27H30N2O/c30-27(17-16-23-10-4-1-5-11-23)29(26-14-8-3-9-15-26)22-28-19-18-25(21-28)20-24-12-6-2-7-13-24/h1-15,25H,16-22H2. The molecule has 3 nitrogen and oxygen atoms in total. The molecular formula is C27H30N2O. The Morgan fingerprint density at radius 1 is 0.833 bits per heavy atom. The van der Waals surface area contributed by atoms with Gasteiger partial charge in [-0.3, -0.25) is 14.6 Å². The topological polar surface area (TPSA) is 23.6 Å². The third kappa shape index (κ3) is 5.58. The van der Waals surface area contributed by atoms with Crippen LogP contribution in [0, 0.1) is 5.92 Å². The average Bonchev–Trinajstić information content (AvgIpc) is 3.24. The summed E-state index contributed by atoms with van der Waals surface area (Å²) in [6, 6.07) is 31.1. The van der Waals surface area contributed by atoms with E-state index in [2.05, 4.69) is 47.4 Å². The molecule has 30 heavy (non-hydrogen) atoms. The lowest BCUT2D eigenvalue weighted by Crippen LogP contribution is -2.41. The number of rotatable bonds is 8. The van der Waals surface area contributed by atoms with Crippen molar-refractivity contribution in [3.05, 3.63) is 102 Å². The van der Waals surface area contributed by atoms with Gasteiger partial charge in [-0.05, 0) is 48.4 Å². The molecule has 0 saturated carbocycles. The number of hydrogen-bond donors (Lipinski definition) is 0. The largest absolute Gasteiger partial charge is 0.299 e. The van der Waals surface area contributed by atoms with Crippen LogP contribution >= 0.6 is 0 Å². The van der Waals surface area contributed by atoms with E-state index in [0.717, 1.165) is 31.6 Å². The molecule has 1 atom stereocenters. The van der Waals surface area contributed by atoms with Gasteiger partial charge in [0, 0.05) is 25.2 Å². The minimum atomic E-state index is 0.191. The smallest absolute Gasteiger partial charge is 0.228 e. The Labute approximate surface area is 180 Å². The quantitative estimate of drug-likeness (QED) is 0.522. The fourth-order valence-corrected chi connectivity index (χ4v) is 4.30. The van der Waals surface area contributed by atoms with Crippen LogP contribution in [0.15, 0.2) is 91.0 Å². The number of carbonyl (C=O) groups excluding carboxylic acids is 1. The number of amides is 1. The Morgan fingerprint density at radius 2 is 1.43 bits per heavy atom. The van der Waals surface area contributed by atoms with Crippen molar-refractivity contribution in [3.63, 3.8) is 0 Å². The van der Waals surface area contributed by atoms with Crippen LogP contribution in [0.5, 0.6) is 0 Å². The Hall–Kier alpha value is -2.91. The molecule has 0 aromatic heterocycles. The summed E-state index contributed by atoms with van der Waals surface area (Å²) in [5.41, 5.74) is 3.60. The molecule has 4 rings (SSSR count). The van der Waals surface area contributed by atoms with Crippen molar-refractivity contribution in [3.8, 4) is 0 Å². The molecule has 0 radical (unpaired) electrons. The van der Waals surface area contributed by atoms with Crippen molar-refractivity contribution >= 4 is 11.6 Å². The van der Waals surface area contributed by atoms with E-state index in [-0.39, 0.29) is 5.91 Å². The number of likely N-dealkylation sites (tertiary alicyclic amines) is 1. The van der Waals surface area contributed by atoms with Crippen molar-refractivity contribution in [2.24, 2.45) is 5.92 Å². The second-order valence-electron chi connectivity index (χ2n) is 8.21. The molecule has 3 aromatic rings. The van der Waals surface area contributed by atoms with Gasteiger partial charge in [-0.25, -0.2) is 0 Å². The molecule has 1 aliphatic rings. The number of aryl methyl sites for hydroxylation is 1. The fraction of sp³-hybridized carbons (Fsp3) is 0.296. The van der Waals surface area contributed by atoms with Crippen LogP contribution in [-0.4, -0.2) is 30.6 Å². The van der Waals surface area contributed by atoms with Crippen LogP contribution in [0.3, 0.4) is 0 Å². The first-order valence-electron chi connectivity index (χ1n) is 10.9. The van der Waals surface area contributed by atoms with Crippen LogP contribution in [0.4, 0.5) is 5.69 Å². The maximum Gasteiger partial charge on any atom is 0.228 e. The molecule has 154 valence electrons. The minimum absolute atomic E-state index is 0.191. The zero-order chi connectivity index (χ0) is 20.6. The molecule has 1 unspecified atom stereocenters. The molecule has 0 aliphatic carbocycles. The zero-order valence-corrected chi connectivity index (χ0v) is 17.5. The predicted octanol–water partition coefficient (Wildman–Crippen LogP) is 5.17. The van der Waals surface area contributed by atoms with Crippen LogP contribution < -0.4 is 4.90 Å². The van der Waals surface area contributed by atoms with Gasteiger partial charge in [-0.2, -0.15) is 0 Å². The summed E-state index contributed by atoms with van der Waals surface area (Å²) in [6.45, 7) is 2.76. The van der Waals surface area contributed by atoms with E-state index in [1.54, 1.807) is 0 Å². The first-order chi connectivity index (χ1) is 14.8. The van der Waals surface area contributed by atoms with Crippen molar-refractivity contribution in [1.29, 1.82) is 0 Å². The maximum absolute atomic E-state index is 13.2. The molecule has 1 amide bonds. The van der Waals surface area contributed by atoms with Gasteiger partial charge in [0.2, 0.25) is 5.91 Å². The summed E-state index contributed by atoms with van der Waals surface area (Å²) in [6.07, 6.45) is 3.61. The first-order valence-corrected chi connectivity index (χ1v) is 10.9. The molecule has 1 heterocycles. The number of benzene rings is 3. The lowest BCUT2D eigenvalue weighted by atomic mass is 9.99. The summed E-state index contributed by atoms with van der Waals surface area (Å²) in [4.78, 5) is 17.6. The summed E-state index contributed by atoms with van der Waals surface area (Å²) in [7, 11) is 0. The predicted molar refractivity (Wildman–Crippen MR) is 123 cm³/mol. The SMILES string of the molecule is O=C(CCc1ccccc1)N(CN1CCC(Cc2ccccc2)C1)c1ccccc1. The molecule has 0 spiro atoms. The number of nitrogens with zero attached hydrogens (tertiary/aromatic N) is 2.